The molecular formula is C12H19NO4. The molecule has 1 aromatic rings. The van der Waals surface area contributed by atoms with Crippen molar-refractivity contribution in [3.63, 3.8) is 0 Å². The van der Waals surface area contributed by atoms with Crippen molar-refractivity contribution in [2.75, 3.05) is 13.6 Å². The minimum absolute atomic E-state index is 0.0265. The third-order valence-electron chi connectivity index (χ3n) is 2.60. The van der Waals surface area contributed by atoms with Crippen molar-refractivity contribution in [1.29, 1.82) is 0 Å². The molecular weight excluding hydrogens is 222 g/mol. The Bertz CT molecular complexity index is 384. The maximum Gasteiger partial charge on any atom is 0.371 e. The van der Waals surface area contributed by atoms with Crippen molar-refractivity contribution in [2.24, 2.45) is 0 Å². The normalized spacial score (nSPS) is 13.0. The van der Waals surface area contributed by atoms with Gasteiger partial charge in [0.05, 0.1) is 6.10 Å². The van der Waals surface area contributed by atoms with Gasteiger partial charge in [-0.05, 0) is 33.4 Å². The highest BCUT2D eigenvalue weighted by Crippen LogP contribution is 2.16. The summed E-state index contributed by atoms with van der Waals surface area (Å²) in [6, 6.07) is 1.55. The zero-order chi connectivity index (χ0) is 13.0. The van der Waals surface area contributed by atoms with Crippen molar-refractivity contribution in [3.05, 3.63) is 23.2 Å². The summed E-state index contributed by atoms with van der Waals surface area (Å²) in [6.07, 6.45) is 0.372. The number of aliphatic hydroxyl groups is 1. The molecule has 0 bridgehead atoms. The van der Waals surface area contributed by atoms with Gasteiger partial charge in [0.15, 0.2) is 0 Å². The fourth-order valence-electron chi connectivity index (χ4n) is 1.56. The zero-order valence-corrected chi connectivity index (χ0v) is 10.4. The number of carboxylic acid groups (broad SMARTS) is 1. The first-order valence-corrected chi connectivity index (χ1v) is 5.59. The minimum Gasteiger partial charge on any atom is -0.475 e. The van der Waals surface area contributed by atoms with Gasteiger partial charge >= 0.3 is 5.97 Å². The highest BCUT2D eigenvalue weighted by molar-refractivity contribution is 5.84. The lowest BCUT2D eigenvalue weighted by atomic mass is 10.2. The summed E-state index contributed by atoms with van der Waals surface area (Å²) in [6.45, 7) is 4.88. The molecule has 5 nitrogen and oxygen atoms in total. The Morgan fingerprint density at radius 1 is 1.59 bits per heavy atom. The zero-order valence-electron chi connectivity index (χ0n) is 10.4. The molecule has 0 aliphatic heterocycles. The van der Waals surface area contributed by atoms with Crippen LogP contribution in [0.15, 0.2) is 10.5 Å². The van der Waals surface area contributed by atoms with E-state index in [4.69, 9.17) is 9.52 Å². The van der Waals surface area contributed by atoms with Gasteiger partial charge in [0.1, 0.15) is 5.76 Å². The number of nitrogens with zero attached hydrogens (tertiary/aromatic N) is 1. The average Bonchev–Trinajstić information content (AvgIpc) is 2.58. The van der Waals surface area contributed by atoms with Crippen LogP contribution in [0.1, 0.15) is 35.2 Å². The summed E-state index contributed by atoms with van der Waals surface area (Å²) in [5, 5.41) is 18.0. The van der Waals surface area contributed by atoms with E-state index in [0.29, 0.717) is 18.7 Å². The van der Waals surface area contributed by atoms with Crippen molar-refractivity contribution in [3.8, 4) is 0 Å². The molecule has 0 amide bonds. The number of carbonyl (C=O) groups is 1. The van der Waals surface area contributed by atoms with Gasteiger partial charge in [-0.15, -0.1) is 0 Å². The Labute approximate surface area is 101 Å². The maximum absolute atomic E-state index is 10.7. The Hall–Kier alpha value is -1.33. The van der Waals surface area contributed by atoms with E-state index in [0.717, 1.165) is 12.1 Å². The second kappa shape index (κ2) is 5.84. The molecule has 0 saturated carbocycles. The first-order valence-electron chi connectivity index (χ1n) is 5.59. The number of rotatable bonds is 6. The first kappa shape index (κ1) is 13.7. The van der Waals surface area contributed by atoms with Crippen LogP contribution in [0.4, 0.5) is 0 Å². The molecule has 0 aliphatic rings. The average molecular weight is 241 g/mol. The van der Waals surface area contributed by atoms with Gasteiger partial charge in [-0.2, -0.15) is 0 Å². The third kappa shape index (κ3) is 4.20. The maximum atomic E-state index is 10.7. The number of furan rings is 1. The summed E-state index contributed by atoms with van der Waals surface area (Å²) in [4.78, 5) is 12.8. The Morgan fingerprint density at radius 2 is 2.24 bits per heavy atom. The number of aromatic carboxylic acids is 1. The van der Waals surface area contributed by atoms with Crippen molar-refractivity contribution >= 4 is 5.97 Å². The molecule has 0 aromatic carbocycles. The van der Waals surface area contributed by atoms with Crippen LogP contribution in [-0.2, 0) is 6.54 Å². The first-order chi connectivity index (χ1) is 7.90. The van der Waals surface area contributed by atoms with E-state index >= 15 is 0 Å². The third-order valence-corrected chi connectivity index (χ3v) is 2.60. The van der Waals surface area contributed by atoms with Crippen LogP contribution >= 0.6 is 0 Å². The SMILES string of the molecule is Cc1oc(C(=O)O)cc1CN(C)CCC(C)O. The molecule has 1 heterocycles. The molecule has 1 atom stereocenters. The molecule has 2 N–H and O–H groups in total. The number of hydrogen-bond acceptors (Lipinski definition) is 4. The van der Waals surface area contributed by atoms with E-state index in [1.807, 2.05) is 11.9 Å². The van der Waals surface area contributed by atoms with E-state index in [-0.39, 0.29) is 11.9 Å². The summed E-state index contributed by atoms with van der Waals surface area (Å²) < 4.78 is 5.13. The molecule has 96 valence electrons. The lowest BCUT2D eigenvalue weighted by Gasteiger charge is -2.16. The molecule has 5 heteroatoms. The lowest BCUT2D eigenvalue weighted by molar-refractivity contribution is 0.0661. The second-order valence-corrected chi connectivity index (χ2v) is 4.37. The Morgan fingerprint density at radius 3 is 2.71 bits per heavy atom. The fraction of sp³-hybridized carbons (Fsp3) is 0.583. The van der Waals surface area contributed by atoms with E-state index < -0.39 is 5.97 Å². The number of aliphatic hydroxyl groups excluding tert-OH is 1. The predicted molar refractivity (Wildman–Crippen MR) is 63.0 cm³/mol. The van der Waals surface area contributed by atoms with E-state index in [2.05, 4.69) is 0 Å². The Balaban J connectivity index is 2.58. The number of hydrogen-bond donors (Lipinski definition) is 2. The van der Waals surface area contributed by atoms with E-state index in [1.54, 1.807) is 19.9 Å². The number of aryl methyl sites for hydroxylation is 1. The number of carboxylic acids is 1. The molecule has 1 aromatic heterocycles. The van der Waals surface area contributed by atoms with Gasteiger partial charge in [-0.1, -0.05) is 0 Å². The predicted octanol–water partition coefficient (Wildman–Crippen LogP) is 1.49. The Kier molecular flexibility index (Phi) is 4.72. The van der Waals surface area contributed by atoms with Gasteiger partial charge in [-0.3, -0.25) is 0 Å². The van der Waals surface area contributed by atoms with E-state index in [9.17, 15) is 9.90 Å². The molecule has 1 rings (SSSR count). The van der Waals surface area contributed by atoms with Crippen molar-refractivity contribution < 1.29 is 19.4 Å². The van der Waals surface area contributed by atoms with Crippen LogP contribution < -0.4 is 0 Å². The van der Waals surface area contributed by atoms with Crippen LogP contribution in [0.2, 0.25) is 0 Å². The van der Waals surface area contributed by atoms with Crippen LogP contribution in [0.5, 0.6) is 0 Å². The van der Waals surface area contributed by atoms with Crippen LogP contribution in [0.3, 0.4) is 0 Å². The molecule has 0 fully saturated rings. The van der Waals surface area contributed by atoms with E-state index in [1.165, 1.54) is 0 Å². The van der Waals surface area contributed by atoms with Crippen LogP contribution in [0.25, 0.3) is 0 Å². The monoisotopic (exact) mass is 241 g/mol. The largest absolute Gasteiger partial charge is 0.475 e. The summed E-state index contributed by atoms with van der Waals surface area (Å²) in [5.41, 5.74) is 0.871. The van der Waals surface area contributed by atoms with Crippen LogP contribution in [0, 0.1) is 6.92 Å². The van der Waals surface area contributed by atoms with Gasteiger partial charge in [-0.25, -0.2) is 4.79 Å². The minimum atomic E-state index is -1.05. The van der Waals surface area contributed by atoms with Crippen LogP contribution in [-0.4, -0.2) is 40.8 Å². The lowest BCUT2D eigenvalue weighted by Crippen LogP contribution is -2.22. The molecule has 0 spiro atoms. The molecule has 0 radical (unpaired) electrons. The van der Waals surface area contributed by atoms with Gasteiger partial charge < -0.3 is 19.5 Å². The van der Waals surface area contributed by atoms with Crippen molar-refractivity contribution in [1.82, 2.24) is 4.90 Å². The molecule has 1 unspecified atom stereocenters. The summed E-state index contributed by atoms with van der Waals surface area (Å²) in [7, 11) is 1.93. The molecule has 17 heavy (non-hydrogen) atoms. The second-order valence-electron chi connectivity index (χ2n) is 4.37. The standard InChI is InChI=1S/C12H19NO4/c1-8(14)4-5-13(3)7-10-6-11(12(15)16)17-9(10)2/h6,8,14H,4-5,7H2,1-3H3,(H,15,16). The topological polar surface area (TPSA) is 73.9 Å². The van der Waals surface area contributed by atoms with Gasteiger partial charge in [0.25, 0.3) is 0 Å². The van der Waals surface area contributed by atoms with Crippen molar-refractivity contribution in [2.45, 2.75) is 32.9 Å². The quantitative estimate of drug-likeness (QED) is 0.789. The van der Waals surface area contributed by atoms with Gasteiger partial charge in [0, 0.05) is 18.7 Å². The smallest absolute Gasteiger partial charge is 0.371 e. The highest BCUT2D eigenvalue weighted by atomic mass is 16.4. The summed E-state index contributed by atoms with van der Waals surface area (Å²) >= 11 is 0. The highest BCUT2D eigenvalue weighted by Gasteiger charge is 2.14. The van der Waals surface area contributed by atoms with Gasteiger partial charge in [0.2, 0.25) is 5.76 Å². The fourth-order valence-corrected chi connectivity index (χ4v) is 1.56. The molecule has 0 aliphatic carbocycles. The summed E-state index contributed by atoms with van der Waals surface area (Å²) in [5.74, 6) is -0.446. The molecule has 0 saturated heterocycles.